The number of benzene rings is 2. The number of ether oxygens (including phenoxy) is 1. The van der Waals surface area contributed by atoms with Crippen molar-refractivity contribution in [2.24, 2.45) is 5.92 Å². The van der Waals surface area contributed by atoms with E-state index >= 15 is 0 Å². The van der Waals surface area contributed by atoms with Gasteiger partial charge in [0.25, 0.3) is 0 Å². The molecule has 1 saturated carbocycles. The first-order valence-electron chi connectivity index (χ1n) is 8.01. The van der Waals surface area contributed by atoms with Crippen LogP contribution in [0.1, 0.15) is 11.5 Å². The normalized spacial score (nSPS) is 24.8. The van der Waals surface area contributed by atoms with E-state index in [4.69, 9.17) is 0 Å². The lowest BCUT2D eigenvalue weighted by Gasteiger charge is -2.11. The third-order valence-corrected chi connectivity index (χ3v) is 7.08. The maximum atomic E-state index is 13.3. The number of hydrogen-bond acceptors (Lipinski definition) is 5. The molecule has 3 atom stereocenters. The van der Waals surface area contributed by atoms with Crippen molar-refractivity contribution in [1.29, 1.82) is 5.26 Å². The third kappa shape index (κ3) is 2.71. The van der Waals surface area contributed by atoms with E-state index in [0.717, 1.165) is 5.56 Å². The average Bonchev–Trinajstić information content (AvgIpc) is 3.37. The maximum Gasteiger partial charge on any atom is 0.330 e. The number of hydrogen-bond donors (Lipinski definition) is 0. The lowest BCUT2D eigenvalue weighted by Crippen LogP contribution is -2.25. The highest BCUT2D eigenvalue weighted by Crippen LogP contribution is 2.64. The number of esters is 1. The lowest BCUT2D eigenvalue weighted by atomic mass is 10.1. The first kappa shape index (κ1) is 17.9. The van der Waals surface area contributed by atoms with Crippen molar-refractivity contribution >= 4 is 15.8 Å². The Hall–Kier alpha value is -2.91. The number of nitriles is 1. The predicted molar refractivity (Wildman–Crippen MR) is 95.8 cm³/mol. The van der Waals surface area contributed by atoms with Gasteiger partial charge in [-0.1, -0.05) is 54.6 Å². The largest absolute Gasteiger partial charge is 0.466 e. The van der Waals surface area contributed by atoms with Crippen molar-refractivity contribution in [1.82, 2.24) is 0 Å². The minimum Gasteiger partial charge on any atom is -0.466 e. The Morgan fingerprint density at radius 3 is 2.23 bits per heavy atom. The molecule has 2 aromatic carbocycles. The van der Waals surface area contributed by atoms with Crippen LogP contribution in [0.5, 0.6) is 0 Å². The second kappa shape index (κ2) is 6.77. The van der Waals surface area contributed by atoms with Gasteiger partial charge in [0.2, 0.25) is 0 Å². The van der Waals surface area contributed by atoms with Crippen LogP contribution in [-0.4, -0.2) is 26.2 Å². The zero-order valence-electron chi connectivity index (χ0n) is 14.1. The van der Waals surface area contributed by atoms with Gasteiger partial charge in [-0.15, -0.1) is 0 Å². The molecule has 0 bridgehead atoms. The fourth-order valence-corrected chi connectivity index (χ4v) is 5.50. The van der Waals surface area contributed by atoms with Crippen LogP contribution in [0.3, 0.4) is 0 Å². The Labute approximate surface area is 152 Å². The molecule has 2 aromatic rings. The first-order valence-corrected chi connectivity index (χ1v) is 9.49. The summed E-state index contributed by atoms with van der Waals surface area (Å²) < 4.78 is 29.5. The maximum absolute atomic E-state index is 13.3. The van der Waals surface area contributed by atoms with Crippen molar-refractivity contribution in [2.75, 3.05) is 7.11 Å². The van der Waals surface area contributed by atoms with Crippen LogP contribution in [0.2, 0.25) is 0 Å². The van der Waals surface area contributed by atoms with Gasteiger partial charge in [-0.2, -0.15) is 5.26 Å². The predicted octanol–water partition coefficient (Wildman–Crippen LogP) is 2.87. The lowest BCUT2D eigenvalue weighted by molar-refractivity contribution is -0.134. The van der Waals surface area contributed by atoms with E-state index in [1.807, 2.05) is 12.1 Å². The molecule has 6 heteroatoms. The van der Waals surface area contributed by atoms with Crippen molar-refractivity contribution in [3.63, 3.8) is 0 Å². The summed E-state index contributed by atoms with van der Waals surface area (Å²) in [6.45, 7) is 0. The molecule has 1 aliphatic rings. The molecular formula is C20H17NO4S. The van der Waals surface area contributed by atoms with Crippen molar-refractivity contribution in [3.8, 4) is 6.07 Å². The summed E-state index contributed by atoms with van der Waals surface area (Å²) in [4.78, 5) is 11.6. The van der Waals surface area contributed by atoms with Gasteiger partial charge in [0.15, 0.2) is 14.6 Å². The SMILES string of the molecule is COC(=O)/C=C\[C@@H]1[C@H](c2ccccc2)[C@@]1(C#N)S(=O)(=O)c1ccccc1. The van der Waals surface area contributed by atoms with Gasteiger partial charge in [0.05, 0.1) is 18.1 Å². The number of rotatable bonds is 5. The van der Waals surface area contributed by atoms with Crippen LogP contribution in [0.4, 0.5) is 0 Å². The summed E-state index contributed by atoms with van der Waals surface area (Å²) in [6.07, 6.45) is 2.65. The summed E-state index contributed by atoms with van der Waals surface area (Å²) >= 11 is 0. The molecule has 0 heterocycles. The summed E-state index contributed by atoms with van der Waals surface area (Å²) in [6, 6.07) is 19.0. The molecule has 0 spiro atoms. The summed E-state index contributed by atoms with van der Waals surface area (Å²) in [5.74, 6) is -1.79. The highest BCUT2D eigenvalue weighted by atomic mass is 32.2. The van der Waals surface area contributed by atoms with Gasteiger partial charge < -0.3 is 4.74 Å². The number of carbonyl (C=O) groups excluding carboxylic acids is 1. The quantitative estimate of drug-likeness (QED) is 0.599. The molecule has 0 radical (unpaired) electrons. The molecule has 132 valence electrons. The molecule has 0 saturated heterocycles. The van der Waals surface area contributed by atoms with Crippen molar-refractivity contribution in [3.05, 3.63) is 78.4 Å². The van der Waals surface area contributed by atoms with E-state index in [1.165, 1.54) is 31.4 Å². The van der Waals surface area contributed by atoms with E-state index < -0.39 is 32.4 Å². The van der Waals surface area contributed by atoms with Gasteiger partial charge in [0.1, 0.15) is 0 Å². The molecule has 0 unspecified atom stereocenters. The average molecular weight is 367 g/mol. The number of sulfone groups is 1. The van der Waals surface area contributed by atoms with Gasteiger partial charge in [0, 0.05) is 17.9 Å². The van der Waals surface area contributed by atoms with Crippen LogP contribution >= 0.6 is 0 Å². The summed E-state index contributed by atoms with van der Waals surface area (Å²) in [5.41, 5.74) is 0.744. The molecule has 1 aliphatic carbocycles. The standard InChI is InChI=1S/C20H17NO4S/c1-25-18(22)13-12-17-19(15-8-4-2-5-9-15)20(17,14-21)26(23,24)16-10-6-3-7-11-16/h2-13,17,19H,1H3/b13-12-/t17-,19+,20+/m1/s1. The Kier molecular flexibility index (Phi) is 4.66. The van der Waals surface area contributed by atoms with E-state index in [2.05, 4.69) is 4.74 Å². The van der Waals surface area contributed by atoms with Crippen LogP contribution in [0.25, 0.3) is 0 Å². The van der Waals surface area contributed by atoms with E-state index in [1.54, 1.807) is 42.5 Å². The molecule has 3 rings (SSSR count). The Morgan fingerprint density at radius 1 is 1.12 bits per heavy atom. The minimum atomic E-state index is -3.94. The fourth-order valence-electron chi connectivity index (χ4n) is 3.36. The molecule has 5 nitrogen and oxygen atoms in total. The fraction of sp³-hybridized carbons (Fsp3) is 0.200. The zero-order chi connectivity index (χ0) is 18.8. The molecule has 26 heavy (non-hydrogen) atoms. The molecule has 0 N–H and O–H groups in total. The summed E-state index contributed by atoms with van der Waals surface area (Å²) in [7, 11) is -2.70. The van der Waals surface area contributed by atoms with Crippen molar-refractivity contribution < 1.29 is 17.9 Å². The topological polar surface area (TPSA) is 84.2 Å². The minimum absolute atomic E-state index is 0.0939. The molecule has 1 fully saturated rings. The monoisotopic (exact) mass is 367 g/mol. The molecule has 0 aromatic heterocycles. The van der Waals surface area contributed by atoms with E-state index in [9.17, 15) is 18.5 Å². The van der Waals surface area contributed by atoms with Crippen molar-refractivity contribution in [2.45, 2.75) is 15.6 Å². The highest BCUT2D eigenvalue weighted by molar-refractivity contribution is 7.93. The number of methoxy groups -OCH3 is 1. The van der Waals surface area contributed by atoms with E-state index in [0.29, 0.717) is 0 Å². The van der Waals surface area contributed by atoms with Gasteiger partial charge in [-0.25, -0.2) is 13.2 Å². The Balaban J connectivity index is 2.12. The Bertz CT molecular complexity index is 977. The van der Waals surface area contributed by atoms with Gasteiger partial charge in [-0.3, -0.25) is 0 Å². The van der Waals surface area contributed by atoms with Crippen LogP contribution in [0.15, 0.2) is 77.7 Å². The highest BCUT2D eigenvalue weighted by Gasteiger charge is 2.73. The zero-order valence-corrected chi connectivity index (χ0v) is 14.9. The first-order chi connectivity index (χ1) is 12.5. The summed E-state index contributed by atoms with van der Waals surface area (Å²) in [5, 5.41) is 9.90. The van der Waals surface area contributed by atoms with Crippen LogP contribution in [0, 0.1) is 17.2 Å². The Morgan fingerprint density at radius 2 is 1.69 bits per heavy atom. The number of allylic oxidation sites excluding steroid dienone is 1. The molecule has 0 aliphatic heterocycles. The molecular weight excluding hydrogens is 350 g/mol. The smallest absolute Gasteiger partial charge is 0.330 e. The van der Waals surface area contributed by atoms with Crippen LogP contribution in [-0.2, 0) is 19.4 Å². The second-order valence-corrected chi connectivity index (χ2v) is 8.17. The van der Waals surface area contributed by atoms with Gasteiger partial charge >= 0.3 is 5.97 Å². The third-order valence-electron chi connectivity index (χ3n) is 4.68. The number of nitrogens with zero attached hydrogens (tertiary/aromatic N) is 1. The van der Waals surface area contributed by atoms with E-state index in [-0.39, 0.29) is 4.90 Å². The second-order valence-electron chi connectivity index (χ2n) is 6.02. The van der Waals surface area contributed by atoms with Gasteiger partial charge in [-0.05, 0) is 17.7 Å². The van der Waals surface area contributed by atoms with Crippen LogP contribution < -0.4 is 0 Å². The molecule has 0 amide bonds. The number of carbonyl (C=O) groups is 1.